The zero-order valence-electron chi connectivity index (χ0n) is 12.8. The summed E-state index contributed by atoms with van der Waals surface area (Å²) in [4.78, 5) is 34.4. The molecule has 0 atom stereocenters. The number of nitro groups is 1. The maximum absolute atomic E-state index is 12.4. The highest BCUT2D eigenvalue weighted by Crippen LogP contribution is 2.19. The normalized spacial score (nSPS) is 10.3. The molecule has 0 bridgehead atoms. The molecule has 2 aromatic rings. The predicted octanol–water partition coefficient (Wildman–Crippen LogP) is 1.83. The average Bonchev–Trinajstić information content (AvgIpc) is 2.51. The van der Waals surface area contributed by atoms with E-state index in [1.807, 2.05) is 30.3 Å². The number of esters is 1. The fourth-order valence-corrected chi connectivity index (χ4v) is 2.36. The standard InChI is InChI=1S/C16H16N2O5/c1-11-8-13(9-12-6-4-3-5-7-12)15(18(21)22)16(20)17(11)10-14(19)23-2/h3-8H,9-10H2,1-2H3. The molecule has 0 radical (unpaired) electrons. The molecule has 120 valence electrons. The third kappa shape index (κ3) is 3.63. The van der Waals surface area contributed by atoms with Crippen molar-refractivity contribution in [2.75, 3.05) is 7.11 Å². The molecule has 0 N–H and O–H groups in total. The minimum absolute atomic E-state index is 0.270. The highest BCUT2D eigenvalue weighted by atomic mass is 16.6. The van der Waals surface area contributed by atoms with E-state index in [1.165, 1.54) is 7.11 Å². The Morgan fingerprint density at radius 3 is 2.52 bits per heavy atom. The molecule has 23 heavy (non-hydrogen) atoms. The number of rotatable bonds is 5. The molecule has 0 fully saturated rings. The largest absolute Gasteiger partial charge is 0.468 e. The lowest BCUT2D eigenvalue weighted by Gasteiger charge is -2.11. The van der Waals surface area contributed by atoms with Crippen LogP contribution >= 0.6 is 0 Å². The number of pyridine rings is 1. The van der Waals surface area contributed by atoms with Crippen molar-refractivity contribution in [1.82, 2.24) is 4.57 Å². The maximum atomic E-state index is 12.4. The second-order valence-electron chi connectivity index (χ2n) is 5.05. The van der Waals surface area contributed by atoms with Crippen LogP contribution in [0.1, 0.15) is 16.8 Å². The molecule has 7 nitrogen and oxygen atoms in total. The van der Waals surface area contributed by atoms with Crippen molar-refractivity contribution >= 4 is 11.7 Å². The van der Waals surface area contributed by atoms with Gasteiger partial charge in [-0.2, -0.15) is 0 Å². The summed E-state index contributed by atoms with van der Waals surface area (Å²) < 4.78 is 5.58. The van der Waals surface area contributed by atoms with Crippen LogP contribution in [0.15, 0.2) is 41.2 Å². The van der Waals surface area contributed by atoms with Crippen molar-refractivity contribution in [3.63, 3.8) is 0 Å². The summed E-state index contributed by atoms with van der Waals surface area (Å²) in [6.07, 6.45) is 0.270. The van der Waals surface area contributed by atoms with Crippen molar-refractivity contribution in [3.8, 4) is 0 Å². The SMILES string of the molecule is COC(=O)Cn1c(C)cc(Cc2ccccc2)c([N+](=O)[O-])c1=O. The summed E-state index contributed by atoms with van der Waals surface area (Å²) in [6.45, 7) is 1.27. The second kappa shape index (κ2) is 6.87. The Kier molecular flexibility index (Phi) is 4.90. The fourth-order valence-electron chi connectivity index (χ4n) is 2.36. The number of nitrogens with zero attached hydrogens (tertiary/aromatic N) is 2. The first kappa shape index (κ1) is 16.4. The molecule has 7 heteroatoms. The third-order valence-electron chi connectivity index (χ3n) is 3.50. The van der Waals surface area contributed by atoms with Gasteiger partial charge in [-0.1, -0.05) is 30.3 Å². The van der Waals surface area contributed by atoms with E-state index >= 15 is 0 Å². The van der Waals surface area contributed by atoms with Crippen LogP contribution in [0.2, 0.25) is 0 Å². The topological polar surface area (TPSA) is 91.4 Å². The Morgan fingerprint density at radius 2 is 1.96 bits per heavy atom. The summed E-state index contributed by atoms with van der Waals surface area (Å²) in [7, 11) is 1.20. The van der Waals surface area contributed by atoms with Gasteiger partial charge in [-0.05, 0) is 18.6 Å². The molecule has 0 aliphatic heterocycles. The number of hydrogen-bond donors (Lipinski definition) is 0. The number of hydrogen-bond acceptors (Lipinski definition) is 5. The molecule has 0 unspecified atom stereocenters. The number of aromatic nitrogens is 1. The van der Waals surface area contributed by atoms with Gasteiger partial charge in [0.15, 0.2) is 0 Å². The van der Waals surface area contributed by atoms with Crippen molar-refractivity contribution in [1.29, 1.82) is 0 Å². The summed E-state index contributed by atoms with van der Waals surface area (Å²) in [5.74, 6) is -0.639. The molecule has 0 amide bonds. The summed E-state index contributed by atoms with van der Waals surface area (Å²) >= 11 is 0. The van der Waals surface area contributed by atoms with Gasteiger partial charge in [0.05, 0.1) is 12.0 Å². The van der Waals surface area contributed by atoms with E-state index < -0.39 is 22.1 Å². The van der Waals surface area contributed by atoms with Crippen LogP contribution < -0.4 is 5.56 Å². The number of aryl methyl sites for hydroxylation is 1. The Bertz CT molecular complexity index is 796. The Morgan fingerprint density at radius 1 is 1.30 bits per heavy atom. The molecule has 0 saturated heterocycles. The van der Waals surface area contributed by atoms with Gasteiger partial charge in [0.1, 0.15) is 6.54 Å². The van der Waals surface area contributed by atoms with Crippen molar-refractivity contribution in [3.05, 3.63) is 73.7 Å². The number of benzene rings is 1. The molecular weight excluding hydrogens is 300 g/mol. The van der Waals surface area contributed by atoms with Gasteiger partial charge < -0.3 is 4.74 Å². The minimum Gasteiger partial charge on any atom is -0.468 e. The van der Waals surface area contributed by atoms with Crippen molar-refractivity contribution in [2.24, 2.45) is 0 Å². The van der Waals surface area contributed by atoms with Crippen LogP contribution in [-0.2, 0) is 22.5 Å². The minimum atomic E-state index is -0.800. The number of carbonyl (C=O) groups is 1. The Balaban J connectivity index is 2.54. The zero-order valence-corrected chi connectivity index (χ0v) is 12.8. The molecule has 0 aliphatic rings. The predicted molar refractivity (Wildman–Crippen MR) is 83.4 cm³/mol. The Hall–Kier alpha value is -2.96. The molecule has 2 rings (SSSR count). The third-order valence-corrected chi connectivity index (χ3v) is 3.50. The maximum Gasteiger partial charge on any atom is 0.337 e. The van der Waals surface area contributed by atoms with E-state index in [4.69, 9.17) is 0 Å². The van der Waals surface area contributed by atoms with Gasteiger partial charge in [0, 0.05) is 17.7 Å². The molecule has 0 saturated carbocycles. The van der Waals surface area contributed by atoms with E-state index in [0.29, 0.717) is 11.3 Å². The summed E-state index contributed by atoms with van der Waals surface area (Å²) in [6, 6.07) is 10.7. The molecule has 1 aromatic heterocycles. The first-order valence-electron chi connectivity index (χ1n) is 6.92. The molecule has 1 aromatic carbocycles. The van der Waals surface area contributed by atoms with E-state index in [9.17, 15) is 19.7 Å². The fraction of sp³-hybridized carbons (Fsp3) is 0.250. The zero-order chi connectivity index (χ0) is 17.0. The Labute approximate surface area is 132 Å². The smallest absolute Gasteiger partial charge is 0.337 e. The first-order valence-corrected chi connectivity index (χ1v) is 6.92. The summed E-state index contributed by atoms with van der Waals surface area (Å²) in [5, 5.41) is 11.3. The van der Waals surface area contributed by atoms with Gasteiger partial charge in [-0.3, -0.25) is 24.3 Å². The number of carbonyl (C=O) groups excluding carboxylic acids is 1. The number of ether oxygens (including phenoxy) is 1. The first-order chi connectivity index (χ1) is 10.9. The van der Waals surface area contributed by atoms with E-state index in [-0.39, 0.29) is 13.0 Å². The van der Waals surface area contributed by atoms with Gasteiger partial charge >= 0.3 is 17.2 Å². The van der Waals surface area contributed by atoms with E-state index in [0.717, 1.165) is 10.1 Å². The van der Waals surface area contributed by atoms with Gasteiger partial charge in [0.25, 0.3) is 0 Å². The van der Waals surface area contributed by atoms with Gasteiger partial charge in [-0.15, -0.1) is 0 Å². The lowest BCUT2D eigenvalue weighted by Crippen LogP contribution is -2.29. The highest BCUT2D eigenvalue weighted by molar-refractivity contribution is 5.69. The lowest BCUT2D eigenvalue weighted by atomic mass is 10.0. The van der Waals surface area contributed by atoms with Crippen LogP contribution in [0, 0.1) is 17.0 Å². The quantitative estimate of drug-likeness (QED) is 0.477. The van der Waals surface area contributed by atoms with E-state index in [2.05, 4.69) is 4.74 Å². The van der Waals surface area contributed by atoms with Gasteiger partial charge in [0.2, 0.25) is 0 Å². The number of methoxy groups -OCH3 is 1. The summed E-state index contributed by atoms with van der Waals surface area (Å²) in [5.41, 5.74) is 0.344. The average molecular weight is 316 g/mol. The highest BCUT2D eigenvalue weighted by Gasteiger charge is 2.24. The van der Waals surface area contributed by atoms with Gasteiger partial charge in [-0.25, -0.2) is 0 Å². The molecule has 0 spiro atoms. The van der Waals surface area contributed by atoms with Crippen molar-refractivity contribution < 1.29 is 14.5 Å². The monoisotopic (exact) mass is 316 g/mol. The second-order valence-corrected chi connectivity index (χ2v) is 5.05. The van der Waals surface area contributed by atoms with Crippen LogP contribution in [0.4, 0.5) is 5.69 Å². The molecule has 1 heterocycles. The van der Waals surface area contributed by atoms with Crippen LogP contribution in [0.3, 0.4) is 0 Å². The van der Waals surface area contributed by atoms with Crippen LogP contribution in [0.25, 0.3) is 0 Å². The van der Waals surface area contributed by atoms with E-state index in [1.54, 1.807) is 13.0 Å². The lowest BCUT2D eigenvalue weighted by molar-refractivity contribution is -0.387. The van der Waals surface area contributed by atoms with Crippen LogP contribution in [0.5, 0.6) is 0 Å². The van der Waals surface area contributed by atoms with Crippen LogP contribution in [-0.4, -0.2) is 22.6 Å². The van der Waals surface area contributed by atoms with Crippen molar-refractivity contribution in [2.45, 2.75) is 19.9 Å². The molecule has 0 aliphatic carbocycles. The molecular formula is C16H16N2O5.